The predicted molar refractivity (Wildman–Crippen MR) is 82.6 cm³/mol. The highest BCUT2D eigenvalue weighted by Crippen LogP contribution is 2.09. The van der Waals surface area contributed by atoms with Crippen molar-refractivity contribution in [3.8, 4) is 0 Å². The molecule has 0 atom stereocenters. The minimum atomic E-state index is -0.236. The molecule has 21 heavy (non-hydrogen) atoms. The highest BCUT2D eigenvalue weighted by molar-refractivity contribution is 5.76. The number of rotatable bonds is 5. The average molecular weight is 290 g/mol. The lowest BCUT2D eigenvalue weighted by molar-refractivity contribution is -0.131. The normalized spacial score (nSPS) is 16.5. The molecular weight excluding hydrogens is 267 g/mol. The van der Waals surface area contributed by atoms with Crippen LogP contribution in [0.1, 0.15) is 18.4 Å². The Bertz CT molecular complexity index is 472. The molecular formula is C17H23FN2O. The van der Waals surface area contributed by atoms with Crippen LogP contribution in [0.25, 0.3) is 0 Å². The summed E-state index contributed by atoms with van der Waals surface area (Å²) in [7, 11) is 0. The minimum absolute atomic E-state index is 0.194. The van der Waals surface area contributed by atoms with Gasteiger partial charge in [-0.1, -0.05) is 18.2 Å². The smallest absolute Gasteiger partial charge is 0.222 e. The van der Waals surface area contributed by atoms with Gasteiger partial charge in [0.25, 0.3) is 0 Å². The molecule has 0 aromatic heterocycles. The molecule has 3 nitrogen and oxygen atoms in total. The largest absolute Gasteiger partial charge is 0.341 e. The maximum absolute atomic E-state index is 12.8. The second-order valence-corrected chi connectivity index (χ2v) is 5.45. The van der Waals surface area contributed by atoms with Crippen molar-refractivity contribution in [1.82, 2.24) is 9.80 Å². The molecule has 0 bridgehead atoms. The van der Waals surface area contributed by atoms with Gasteiger partial charge in [-0.2, -0.15) is 0 Å². The molecule has 1 fully saturated rings. The highest BCUT2D eigenvalue weighted by Gasteiger charge is 2.18. The lowest BCUT2D eigenvalue weighted by Gasteiger charge is -2.21. The number of carbonyl (C=O) groups is 1. The van der Waals surface area contributed by atoms with Crippen LogP contribution in [0.15, 0.2) is 36.9 Å². The Kier molecular flexibility index (Phi) is 5.93. The van der Waals surface area contributed by atoms with E-state index in [2.05, 4.69) is 11.5 Å². The Labute approximate surface area is 126 Å². The van der Waals surface area contributed by atoms with E-state index in [1.807, 2.05) is 11.0 Å². The van der Waals surface area contributed by atoms with Crippen molar-refractivity contribution < 1.29 is 9.18 Å². The fourth-order valence-corrected chi connectivity index (χ4v) is 2.65. The Balaban J connectivity index is 1.80. The fraction of sp³-hybridized carbons (Fsp3) is 0.471. The molecule has 1 saturated heterocycles. The molecule has 0 radical (unpaired) electrons. The Morgan fingerprint density at radius 1 is 1.19 bits per heavy atom. The van der Waals surface area contributed by atoms with Gasteiger partial charge in [-0.05, 0) is 30.5 Å². The third kappa shape index (κ3) is 4.97. The van der Waals surface area contributed by atoms with Crippen LogP contribution in [0.3, 0.4) is 0 Å². The van der Waals surface area contributed by atoms with Crippen LogP contribution in [0.4, 0.5) is 4.39 Å². The zero-order valence-electron chi connectivity index (χ0n) is 12.4. The maximum atomic E-state index is 12.8. The number of carbonyl (C=O) groups excluding carboxylic acids is 1. The molecule has 1 heterocycles. The summed E-state index contributed by atoms with van der Waals surface area (Å²) in [4.78, 5) is 16.5. The highest BCUT2D eigenvalue weighted by atomic mass is 19.1. The molecule has 1 aliphatic heterocycles. The van der Waals surface area contributed by atoms with Gasteiger partial charge in [0.1, 0.15) is 5.82 Å². The molecule has 1 aromatic carbocycles. The Hall–Kier alpha value is -1.68. The molecule has 1 aromatic rings. The van der Waals surface area contributed by atoms with Gasteiger partial charge in [0, 0.05) is 39.1 Å². The standard InChI is InChI=1S/C17H23FN2O/c1-2-10-19-11-3-12-20(14-13-19)17(21)9-6-15-4-7-16(18)8-5-15/h2,4-5,7-8H,1,3,6,9-14H2. The molecule has 0 unspecified atom stereocenters. The van der Waals surface area contributed by atoms with E-state index in [0.29, 0.717) is 12.8 Å². The molecule has 114 valence electrons. The zero-order chi connectivity index (χ0) is 15.1. The number of aryl methyl sites for hydroxylation is 1. The topological polar surface area (TPSA) is 23.6 Å². The summed E-state index contributed by atoms with van der Waals surface area (Å²) < 4.78 is 12.8. The molecule has 0 N–H and O–H groups in total. The van der Waals surface area contributed by atoms with Gasteiger partial charge in [0.15, 0.2) is 0 Å². The van der Waals surface area contributed by atoms with Crippen LogP contribution >= 0.6 is 0 Å². The SMILES string of the molecule is C=CCN1CCCN(C(=O)CCc2ccc(F)cc2)CC1. The van der Waals surface area contributed by atoms with Crippen LogP contribution in [0.5, 0.6) is 0 Å². The van der Waals surface area contributed by atoms with E-state index < -0.39 is 0 Å². The fourth-order valence-electron chi connectivity index (χ4n) is 2.65. The van der Waals surface area contributed by atoms with Gasteiger partial charge in [0.05, 0.1) is 0 Å². The second kappa shape index (κ2) is 7.93. The first kappa shape index (κ1) is 15.7. The van der Waals surface area contributed by atoms with Crippen molar-refractivity contribution in [3.63, 3.8) is 0 Å². The molecule has 4 heteroatoms. The van der Waals surface area contributed by atoms with Crippen LogP contribution in [-0.4, -0.2) is 48.4 Å². The minimum Gasteiger partial charge on any atom is -0.341 e. The van der Waals surface area contributed by atoms with E-state index in [0.717, 1.165) is 44.7 Å². The molecule has 2 rings (SSSR count). The van der Waals surface area contributed by atoms with Crippen LogP contribution in [0.2, 0.25) is 0 Å². The summed E-state index contributed by atoms with van der Waals surface area (Å²) in [5.41, 5.74) is 1.01. The van der Waals surface area contributed by atoms with Crippen LogP contribution in [0, 0.1) is 5.82 Å². The van der Waals surface area contributed by atoms with Gasteiger partial charge in [-0.15, -0.1) is 6.58 Å². The van der Waals surface area contributed by atoms with Crippen molar-refractivity contribution in [2.75, 3.05) is 32.7 Å². The van der Waals surface area contributed by atoms with Crippen molar-refractivity contribution in [2.45, 2.75) is 19.3 Å². The monoisotopic (exact) mass is 290 g/mol. The third-order valence-corrected chi connectivity index (χ3v) is 3.87. The third-order valence-electron chi connectivity index (χ3n) is 3.87. The summed E-state index contributed by atoms with van der Waals surface area (Å²) in [5.74, 6) is -0.0420. The first-order chi connectivity index (χ1) is 10.2. The number of nitrogens with zero attached hydrogens (tertiary/aromatic N) is 2. The number of halogens is 1. The van der Waals surface area contributed by atoms with Crippen LogP contribution < -0.4 is 0 Å². The van der Waals surface area contributed by atoms with Gasteiger partial charge < -0.3 is 4.90 Å². The van der Waals surface area contributed by atoms with E-state index >= 15 is 0 Å². The van der Waals surface area contributed by atoms with Crippen LogP contribution in [-0.2, 0) is 11.2 Å². The van der Waals surface area contributed by atoms with E-state index in [1.165, 1.54) is 12.1 Å². The summed E-state index contributed by atoms with van der Waals surface area (Å²) >= 11 is 0. The van der Waals surface area contributed by atoms with Gasteiger partial charge in [-0.3, -0.25) is 9.69 Å². The average Bonchev–Trinajstić information content (AvgIpc) is 2.72. The number of benzene rings is 1. The molecule has 0 saturated carbocycles. The van der Waals surface area contributed by atoms with E-state index in [1.54, 1.807) is 12.1 Å². The maximum Gasteiger partial charge on any atom is 0.222 e. The zero-order valence-corrected chi connectivity index (χ0v) is 12.4. The predicted octanol–water partition coefficient (Wildman–Crippen LogP) is 2.48. The first-order valence-corrected chi connectivity index (χ1v) is 7.54. The first-order valence-electron chi connectivity index (χ1n) is 7.54. The lowest BCUT2D eigenvalue weighted by atomic mass is 10.1. The van der Waals surface area contributed by atoms with Gasteiger partial charge >= 0.3 is 0 Å². The van der Waals surface area contributed by atoms with Gasteiger partial charge in [-0.25, -0.2) is 4.39 Å². The summed E-state index contributed by atoms with van der Waals surface area (Å²) in [6, 6.07) is 6.38. The van der Waals surface area contributed by atoms with Gasteiger partial charge in [0.2, 0.25) is 5.91 Å². The molecule has 0 aliphatic carbocycles. The lowest BCUT2D eigenvalue weighted by Crippen LogP contribution is -2.35. The number of amides is 1. The Morgan fingerprint density at radius 3 is 2.67 bits per heavy atom. The quantitative estimate of drug-likeness (QED) is 0.778. The van der Waals surface area contributed by atoms with Crippen molar-refractivity contribution in [1.29, 1.82) is 0 Å². The summed E-state index contributed by atoms with van der Waals surface area (Å²) in [6.45, 7) is 8.20. The summed E-state index contributed by atoms with van der Waals surface area (Å²) in [5, 5.41) is 0. The second-order valence-electron chi connectivity index (χ2n) is 5.45. The Morgan fingerprint density at radius 2 is 1.95 bits per heavy atom. The van der Waals surface area contributed by atoms with E-state index in [9.17, 15) is 9.18 Å². The molecule has 1 amide bonds. The van der Waals surface area contributed by atoms with Crippen molar-refractivity contribution in [3.05, 3.63) is 48.3 Å². The molecule has 1 aliphatic rings. The molecule has 0 spiro atoms. The number of hydrogen-bond donors (Lipinski definition) is 0. The number of hydrogen-bond acceptors (Lipinski definition) is 2. The summed E-state index contributed by atoms with van der Waals surface area (Å²) in [6.07, 6.45) is 4.08. The van der Waals surface area contributed by atoms with E-state index in [4.69, 9.17) is 0 Å². The van der Waals surface area contributed by atoms with Crippen molar-refractivity contribution in [2.24, 2.45) is 0 Å². The van der Waals surface area contributed by atoms with E-state index in [-0.39, 0.29) is 11.7 Å². The van der Waals surface area contributed by atoms with Crippen molar-refractivity contribution >= 4 is 5.91 Å².